The first-order chi connectivity index (χ1) is 28.9. The number of para-hydroxylation sites is 1. The summed E-state index contributed by atoms with van der Waals surface area (Å²) in [6.07, 6.45) is 1.63. The number of anilines is 3. The molecule has 4 heterocycles. The highest BCUT2D eigenvalue weighted by Gasteiger charge is 2.52. The van der Waals surface area contributed by atoms with Crippen molar-refractivity contribution in [3.8, 4) is 6.07 Å². The van der Waals surface area contributed by atoms with Gasteiger partial charge >= 0.3 is 12.2 Å². The lowest BCUT2D eigenvalue weighted by molar-refractivity contribution is -0.137. The van der Waals surface area contributed by atoms with Crippen molar-refractivity contribution in [3.05, 3.63) is 59.8 Å². The number of carbonyl (C=O) groups is 4. The van der Waals surface area contributed by atoms with Gasteiger partial charge in [-0.05, 0) is 95.9 Å². The van der Waals surface area contributed by atoms with Crippen LogP contribution in [-0.2, 0) is 32.3 Å². The molecule has 1 saturated carbocycles. The van der Waals surface area contributed by atoms with E-state index < -0.39 is 34.8 Å². The van der Waals surface area contributed by atoms with Gasteiger partial charge in [0.05, 0.1) is 46.8 Å². The zero-order valence-corrected chi connectivity index (χ0v) is 35.5. The molecule has 324 valence electrons. The smallest absolute Gasteiger partial charge is 0.377 e. The minimum absolute atomic E-state index is 0.0156. The molecule has 0 radical (unpaired) electrons. The average molecular weight is 863 g/mol. The van der Waals surface area contributed by atoms with Crippen molar-refractivity contribution in [2.24, 2.45) is 7.05 Å². The van der Waals surface area contributed by atoms with Gasteiger partial charge in [0.1, 0.15) is 5.54 Å². The number of carbonyl (C=O) groups excluding carboxylic acids is 4. The SMILES string of the molecule is C[C@@H]1CN(CCOC2CCC(N3C(=S)N(c4ccc(C#N)c(C(F)(F)F)c4)C(=O)C3(C)C)CC2)C[C@H](C)N1C=CC(=O)Nc1cccc2c(N3CCC(=O)NC3=O)nn(C)c12. The lowest BCUT2D eigenvalue weighted by Crippen LogP contribution is -2.55. The Bertz CT molecular complexity index is 2310. The van der Waals surface area contributed by atoms with E-state index >= 15 is 0 Å². The molecule has 0 spiro atoms. The number of rotatable bonds is 10. The lowest BCUT2D eigenvalue weighted by atomic mass is 9.89. The van der Waals surface area contributed by atoms with Crippen molar-refractivity contribution >= 4 is 69.2 Å². The van der Waals surface area contributed by atoms with Gasteiger partial charge < -0.3 is 19.9 Å². The van der Waals surface area contributed by atoms with Gasteiger partial charge in [0.15, 0.2) is 10.9 Å². The van der Waals surface area contributed by atoms with E-state index in [1.165, 1.54) is 17.0 Å². The Morgan fingerprint density at radius 2 is 1.80 bits per heavy atom. The molecule has 3 saturated heterocycles. The molecule has 3 aromatic rings. The Kier molecular flexibility index (Phi) is 12.2. The van der Waals surface area contributed by atoms with E-state index in [9.17, 15) is 37.6 Å². The molecule has 2 N–H and O–H groups in total. The second-order valence-electron chi connectivity index (χ2n) is 16.6. The van der Waals surface area contributed by atoms with Gasteiger partial charge in [-0.15, -0.1) is 0 Å². The Morgan fingerprint density at radius 3 is 2.46 bits per heavy atom. The molecule has 15 nitrogen and oxygen atoms in total. The summed E-state index contributed by atoms with van der Waals surface area (Å²) >= 11 is 5.75. The Morgan fingerprint density at radius 1 is 1.10 bits per heavy atom. The van der Waals surface area contributed by atoms with Crippen molar-refractivity contribution in [2.75, 3.05) is 47.9 Å². The fourth-order valence-electron chi connectivity index (χ4n) is 9.11. The van der Waals surface area contributed by atoms with E-state index in [0.717, 1.165) is 49.5 Å². The van der Waals surface area contributed by atoms with Gasteiger partial charge in [-0.3, -0.25) is 39.1 Å². The summed E-state index contributed by atoms with van der Waals surface area (Å²) in [4.78, 5) is 60.0. The number of benzene rings is 2. The fraction of sp³-hybridized carbons (Fsp3) is 0.500. The molecular weight excluding hydrogens is 814 g/mol. The largest absolute Gasteiger partial charge is 0.417 e. The number of nitriles is 1. The molecule has 2 aromatic carbocycles. The summed E-state index contributed by atoms with van der Waals surface area (Å²) in [5, 5.41) is 19.9. The summed E-state index contributed by atoms with van der Waals surface area (Å²) < 4.78 is 49.2. The number of fused-ring (bicyclic) bond motifs is 1. The van der Waals surface area contributed by atoms with E-state index in [4.69, 9.17) is 17.0 Å². The molecule has 7 rings (SSSR count). The number of hydrogen-bond donors (Lipinski definition) is 2. The first-order valence-corrected chi connectivity index (χ1v) is 20.8. The van der Waals surface area contributed by atoms with Crippen LogP contribution in [-0.4, -0.2) is 116 Å². The third kappa shape index (κ3) is 8.66. The van der Waals surface area contributed by atoms with E-state index in [1.54, 1.807) is 43.8 Å². The molecule has 19 heteroatoms. The van der Waals surface area contributed by atoms with E-state index in [1.807, 2.05) is 17.2 Å². The number of nitrogens with one attached hydrogen (secondary N) is 2. The zero-order chi connectivity index (χ0) is 44.0. The zero-order valence-electron chi connectivity index (χ0n) is 34.7. The molecule has 2 atom stereocenters. The van der Waals surface area contributed by atoms with Gasteiger partial charge in [-0.2, -0.15) is 23.5 Å². The Hall–Kier alpha value is -5.58. The maximum absolute atomic E-state index is 13.8. The second-order valence-corrected chi connectivity index (χ2v) is 17.0. The molecule has 0 bridgehead atoms. The van der Waals surface area contributed by atoms with Crippen LogP contribution in [0.1, 0.15) is 70.9 Å². The topological polar surface area (TPSA) is 159 Å². The Balaban J connectivity index is 0.882. The molecule has 5 amide bonds. The minimum Gasteiger partial charge on any atom is -0.377 e. The van der Waals surface area contributed by atoms with Crippen LogP contribution in [0.3, 0.4) is 0 Å². The molecular formula is C42H49F3N10O5S. The molecule has 1 aromatic heterocycles. The first kappa shape index (κ1) is 43.5. The van der Waals surface area contributed by atoms with Crippen LogP contribution in [0.15, 0.2) is 48.7 Å². The standard InChI is InChI=1S/C42H49F3N10O5S/c1-25-23-51(24-26(2)52(25)17-15-34(56)47-33-8-6-7-31-36(33)50(5)49-37(31)53-18-16-35(57)48-39(53)59)19-20-60-30-13-11-28(12-14-30)55-40(61)54(38(58)41(55,3)4)29-10-9-27(22-46)32(21-29)42(43,44)45/h6-10,15,17,21,25-26,28,30H,11-14,16,18-20,23-24H2,1-5H3,(H,47,56)(H,48,57,59)/t25-,26+,28?,30?. The van der Waals surface area contributed by atoms with Crippen LogP contribution in [0, 0.1) is 11.3 Å². The fourth-order valence-corrected chi connectivity index (χ4v) is 9.67. The number of aromatic nitrogens is 2. The number of amides is 5. The van der Waals surface area contributed by atoms with Crippen molar-refractivity contribution in [1.82, 2.24) is 29.8 Å². The Labute approximate surface area is 357 Å². The number of urea groups is 1. The van der Waals surface area contributed by atoms with Crippen LogP contribution >= 0.6 is 12.2 Å². The number of imide groups is 1. The van der Waals surface area contributed by atoms with Crippen LogP contribution < -0.4 is 20.4 Å². The van der Waals surface area contributed by atoms with Crippen molar-refractivity contribution < 1.29 is 37.1 Å². The van der Waals surface area contributed by atoms with E-state index in [2.05, 4.69) is 39.4 Å². The predicted molar refractivity (Wildman–Crippen MR) is 225 cm³/mol. The van der Waals surface area contributed by atoms with Gasteiger partial charge in [0.2, 0.25) is 11.8 Å². The van der Waals surface area contributed by atoms with Gasteiger partial charge in [-0.1, -0.05) is 6.07 Å². The molecule has 61 heavy (non-hydrogen) atoms. The van der Waals surface area contributed by atoms with Crippen LogP contribution in [0.25, 0.3) is 10.9 Å². The van der Waals surface area contributed by atoms with Crippen molar-refractivity contribution in [2.45, 2.75) is 95.7 Å². The highest BCUT2D eigenvalue weighted by Crippen LogP contribution is 2.41. The summed E-state index contributed by atoms with van der Waals surface area (Å²) in [5.74, 6) is -0.659. The number of piperazine rings is 1. The second kappa shape index (κ2) is 17.1. The lowest BCUT2D eigenvalue weighted by Gasteiger charge is -2.44. The summed E-state index contributed by atoms with van der Waals surface area (Å²) in [7, 11) is 1.73. The summed E-state index contributed by atoms with van der Waals surface area (Å²) in [5.41, 5.74) is -1.54. The number of thiocarbonyl (C=S) groups is 1. The number of nitrogens with zero attached hydrogens (tertiary/aromatic N) is 8. The molecule has 1 aliphatic carbocycles. The average Bonchev–Trinajstić information content (AvgIpc) is 3.62. The van der Waals surface area contributed by atoms with Crippen LogP contribution in [0.2, 0.25) is 0 Å². The predicted octanol–water partition coefficient (Wildman–Crippen LogP) is 5.50. The van der Waals surface area contributed by atoms with Crippen LogP contribution in [0.5, 0.6) is 0 Å². The quantitative estimate of drug-likeness (QED) is 0.196. The first-order valence-electron chi connectivity index (χ1n) is 20.4. The van der Waals surface area contributed by atoms with Crippen molar-refractivity contribution in [1.29, 1.82) is 5.26 Å². The van der Waals surface area contributed by atoms with E-state index in [-0.39, 0.29) is 59.8 Å². The van der Waals surface area contributed by atoms with Gasteiger partial charge in [0.25, 0.3) is 5.91 Å². The molecule has 4 fully saturated rings. The molecule has 4 aliphatic rings. The summed E-state index contributed by atoms with van der Waals surface area (Å²) in [6, 6.07) is 9.78. The number of alkyl halides is 3. The highest BCUT2D eigenvalue weighted by atomic mass is 32.1. The minimum atomic E-state index is -4.77. The third-order valence-electron chi connectivity index (χ3n) is 12.1. The van der Waals surface area contributed by atoms with Crippen LogP contribution in [0.4, 0.5) is 35.2 Å². The highest BCUT2D eigenvalue weighted by molar-refractivity contribution is 7.80. The number of hydrogen-bond acceptors (Lipinski definition) is 10. The van der Waals surface area contributed by atoms with Crippen molar-refractivity contribution in [3.63, 3.8) is 0 Å². The summed E-state index contributed by atoms with van der Waals surface area (Å²) in [6.45, 7) is 10.7. The molecule has 3 aliphatic heterocycles. The number of halogens is 3. The maximum Gasteiger partial charge on any atom is 0.417 e. The van der Waals surface area contributed by atoms with Gasteiger partial charge in [-0.25, -0.2) is 4.79 Å². The van der Waals surface area contributed by atoms with Gasteiger partial charge in [0, 0.05) is 75.4 Å². The number of aryl methyl sites for hydroxylation is 1. The normalized spacial score (nSPS) is 23.9. The number of ether oxygens (including phenoxy) is 1. The third-order valence-corrected chi connectivity index (χ3v) is 12.4. The molecule has 0 unspecified atom stereocenters. The van der Waals surface area contributed by atoms with E-state index in [0.29, 0.717) is 41.9 Å². The monoisotopic (exact) mass is 862 g/mol. The maximum atomic E-state index is 13.8.